The predicted molar refractivity (Wildman–Crippen MR) is 119 cm³/mol. The minimum Gasteiger partial charge on any atom is -0.490 e. The van der Waals surface area contributed by atoms with Gasteiger partial charge in [0.05, 0.1) is 39.0 Å². The summed E-state index contributed by atoms with van der Waals surface area (Å²) in [5.74, 6) is 0.851. The van der Waals surface area contributed by atoms with E-state index in [-0.39, 0.29) is 29.6 Å². The molecule has 0 spiro atoms. The van der Waals surface area contributed by atoms with Gasteiger partial charge in [-0.3, -0.25) is 9.59 Å². The Labute approximate surface area is 184 Å². The molecule has 0 aromatic heterocycles. The third kappa shape index (κ3) is 4.00. The molecule has 1 saturated carbocycles. The molecule has 1 aromatic rings. The molecule has 2 aliphatic heterocycles. The van der Waals surface area contributed by atoms with Gasteiger partial charge in [0.2, 0.25) is 0 Å². The Hall–Kier alpha value is -1.93. The molecule has 0 radical (unpaired) electrons. The van der Waals surface area contributed by atoms with Crippen LogP contribution in [-0.2, 0) is 19.3 Å². The summed E-state index contributed by atoms with van der Waals surface area (Å²) in [5.41, 5.74) is -0.685. The first-order chi connectivity index (χ1) is 14.6. The molecule has 3 atom stereocenters. The van der Waals surface area contributed by atoms with Crippen molar-refractivity contribution in [1.29, 1.82) is 0 Å². The van der Waals surface area contributed by atoms with E-state index < -0.39 is 20.7 Å². The van der Waals surface area contributed by atoms with Crippen molar-refractivity contribution in [2.24, 2.45) is 15.7 Å². The summed E-state index contributed by atoms with van der Waals surface area (Å²) in [4.78, 5) is 28.0. The van der Waals surface area contributed by atoms with Gasteiger partial charge in [0.15, 0.2) is 0 Å². The zero-order valence-corrected chi connectivity index (χ0v) is 19.6. The van der Waals surface area contributed by atoms with E-state index in [1.54, 1.807) is 17.0 Å². The highest BCUT2D eigenvalue weighted by molar-refractivity contribution is 7.93. The second-order valence-electron chi connectivity index (χ2n) is 9.58. The Morgan fingerprint density at radius 1 is 1.23 bits per heavy atom. The Bertz CT molecular complexity index is 1010. The van der Waals surface area contributed by atoms with Gasteiger partial charge in [-0.15, -0.1) is 0 Å². The van der Waals surface area contributed by atoms with Crippen LogP contribution in [0.15, 0.2) is 28.6 Å². The fraction of sp³-hybridized carbons (Fsp3) is 0.652. The monoisotopic (exact) mass is 448 g/mol. The number of amides is 2. The number of hydrogen-bond acceptors (Lipinski definition) is 5. The average molecular weight is 449 g/mol. The van der Waals surface area contributed by atoms with E-state index in [0.717, 1.165) is 6.42 Å². The number of carbonyl (C=O) groups is 2. The van der Waals surface area contributed by atoms with Crippen molar-refractivity contribution in [3.63, 3.8) is 0 Å². The summed E-state index contributed by atoms with van der Waals surface area (Å²) in [6.07, 6.45) is 1.26. The van der Waals surface area contributed by atoms with Crippen molar-refractivity contribution in [2.45, 2.75) is 52.2 Å². The number of hydrogen-bond donors (Lipinski definition) is 0. The summed E-state index contributed by atoms with van der Waals surface area (Å²) >= 11 is 0. The topological polar surface area (TPSA) is 85.3 Å². The minimum absolute atomic E-state index is 0.0453. The van der Waals surface area contributed by atoms with Crippen LogP contribution >= 0.6 is 0 Å². The van der Waals surface area contributed by atoms with Gasteiger partial charge >= 0.3 is 0 Å². The lowest BCUT2D eigenvalue weighted by Crippen LogP contribution is -2.38. The normalized spacial score (nSPS) is 31.6. The predicted octanol–water partition coefficient (Wildman–Crippen LogP) is 3.13. The number of fused-ring (bicyclic) bond motifs is 1. The van der Waals surface area contributed by atoms with Gasteiger partial charge < -0.3 is 14.4 Å². The lowest BCUT2D eigenvalue weighted by molar-refractivity contribution is -0.130. The van der Waals surface area contributed by atoms with Crippen LogP contribution in [0.3, 0.4) is 0 Å². The molecule has 2 heterocycles. The maximum Gasteiger partial charge on any atom is 0.263 e. The Balaban J connectivity index is 1.50. The van der Waals surface area contributed by atoms with Gasteiger partial charge in [0, 0.05) is 30.5 Å². The van der Waals surface area contributed by atoms with Crippen LogP contribution in [0.2, 0.25) is 0 Å². The average Bonchev–Trinajstić information content (AvgIpc) is 3.42. The van der Waals surface area contributed by atoms with Crippen molar-refractivity contribution < 1.29 is 23.3 Å². The molecule has 0 N–H and O–H groups in total. The summed E-state index contributed by atoms with van der Waals surface area (Å²) in [6.45, 7) is 9.03. The van der Waals surface area contributed by atoms with E-state index in [4.69, 9.17) is 9.47 Å². The lowest BCUT2D eigenvalue weighted by atomic mass is 9.86. The van der Waals surface area contributed by atoms with Crippen molar-refractivity contribution in [3.05, 3.63) is 29.8 Å². The number of ether oxygens (including phenoxy) is 2. The second-order valence-corrected chi connectivity index (χ2v) is 12.1. The number of para-hydroxylation sites is 1. The highest BCUT2D eigenvalue weighted by Crippen LogP contribution is 2.66. The Morgan fingerprint density at radius 3 is 2.61 bits per heavy atom. The summed E-state index contributed by atoms with van der Waals surface area (Å²) in [7, 11) is -2.71. The van der Waals surface area contributed by atoms with Crippen molar-refractivity contribution in [1.82, 2.24) is 4.90 Å². The van der Waals surface area contributed by atoms with E-state index in [2.05, 4.69) is 4.36 Å². The van der Waals surface area contributed by atoms with Crippen molar-refractivity contribution in [3.8, 4) is 5.75 Å². The van der Waals surface area contributed by atoms with Gasteiger partial charge in [-0.25, -0.2) is 4.21 Å². The molecule has 4 rings (SSSR count). The maximum absolute atomic E-state index is 13.5. The molecular weight excluding hydrogens is 416 g/mol. The van der Waals surface area contributed by atoms with Crippen LogP contribution in [0.5, 0.6) is 5.75 Å². The summed E-state index contributed by atoms with van der Waals surface area (Å²) < 4.78 is 29.3. The first-order valence-corrected chi connectivity index (χ1v) is 12.9. The smallest absolute Gasteiger partial charge is 0.263 e. The van der Waals surface area contributed by atoms with E-state index in [1.807, 2.05) is 39.8 Å². The third-order valence-electron chi connectivity index (χ3n) is 6.79. The van der Waals surface area contributed by atoms with Crippen LogP contribution in [0.1, 0.15) is 50.9 Å². The van der Waals surface area contributed by atoms with E-state index >= 15 is 0 Å². The van der Waals surface area contributed by atoms with Crippen LogP contribution < -0.4 is 4.74 Å². The molecular formula is C23H32N2O5S. The maximum atomic E-state index is 13.5. The molecule has 1 aliphatic carbocycles. The zero-order chi connectivity index (χ0) is 22.4. The molecule has 3 unspecified atom stereocenters. The van der Waals surface area contributed by atoms with Crippen LogP contribution in [-0.4, -0.2) is 63.8 Å². The van der Waals surface area contributed by atoms with E-state index in [9.17, 15) is 13.8 Å². The summed E-state index contributed by atoms with van der Waals surface area (Å²) in [6, 6.07) is 7.20. The third-order valence-corrected chi connectivity index (χ3v) is 9.04. The molecule has 3 fully saturated rings. The quantitative estimate of drug-likeness (QED) is 0.706. The summed E-state index contributed by atoms with van der Waals surface area (Å²) in [5, 5.41) is 0. The number of benzene rings is 1. The first kappa shape index (κ1) is 22.3. The number of nitrogens with zero attached hydrogens (tertiary/aromatic N) is 2. The molecule has 0 bridgehead atoms. The Morgan fingerprint density at radius 2 is 1.97 bits per heavy atom. The van der Waals surface area contributed by atoms with E-state index in [1.165, 1.54) is 0 Å². The van der Waals surface area contributed by atoms with Crippen LogP contribution in [0.4, 0.5) is 0 Å². The molecule has 2 saturated heterocycles. The molecule has 2 amide bonds. The largest absolute Gasteiger partial charge is 0.490 e. The van der Waals surface area contributed by atoms with Gasteiger partial charge in [-0.2, -0.15) is 4.36 Å². The second kappa shape index (κ2) is 7.89. The molecule has 170 valence electrons. The zero-order valence-electron chi connectivity index (χ0n) is 18.8. The number of rotatable bonds is 4. The molecule has 7 nitrogen and oxygen atoms in total. The molecule has 31 heavy (non-hydrogen) atoms. The fourth-order valence-corrected chi connectivity index (χ4v) is 6.81. The molecule has 1 aromatic carbocycles. The molecule has 3 aliphatic rings. The van der Waals surface area contributed by atoms with Gasteiger partial charge in [-0.05, 0) is 52.7 Å². The van der Waals surface area contributed by atoms with Crippen LogP contribution in [0.25, 0.3) is 0 Å². The molecule has 8 heteroatoms. The SMILES string of the molecule is CC(C)Oc1ccccc1C(=O)N1CCCS(=O)(=NC(=O)C23CC2COC3(C)C)CC1. The number of carbonyl (C=O) groups excluding carboxylic acids is 2. The van der Waals surface area contributed by atoms with Gasteiger partial charge in [0.1, 0.15) is 5.75 Å². The standard InChI is InChI=1S/C23H32N2O5S/c1-16(2)30-19-9-6-5-8-18(19)20(26)25-10-7-12-31(28,13-11-25)24-21(27)23-14-17(23)15-29-22(23,3)4/h5-6,8-9,16-17H,7,10-15H2,1-4H3. The van der Waals surface area contributed by atoms with Crippen molar-refractivity contribution >= 4 is 21.5 Å². The van der Waals surface area contributed by atoms with Gasteiger partial charge in [-0.1, -0.05) is 12.1 Å². The Kier molecular flexibility index (Phi) is 5.67. The highest BCUT2D eigenvalue weighted by Gasteiger charge is 2.73. The van der Waals surface area contributed by atoms with E-state index in [0.29, 0.717) is 43.2 Å². The first-order valence-electron chi connectivity index (χ1n) is 11.0. The van der Waals surface area contributed by atoms with Crippen LogP contribution in [0, 0.1) is 11.3 Å². The lowest BCUT2D eigenvalue weighted by Gasteiger charge is -2.27. The highest BCUT2D eigenvalue weighted by atomic mass is 32.2. The minimum atomic E-state index is -2.71. The fourth-order valence-electron chi connectivity index (χ4n) is 4.87. The van der Waals surface area contributed by atoms with Gasteiger partial charge in [0.25, 0.3) is 11.8 Å². The van der Waals surface area contributed by atoms with Crippen molar-refractivity contribution in [2.75, 3.05) is 31.2 Å².